The topological polar surface area (TPSA) is 98.2 Å². The molecule has 0 aliphatic heterocycles. The lowest BCUT2D eigenvalue weighted by Crippen LogP contribution is -2.33. The molecule has 0 radical (unpaired) electrons. The fourth-order valence-electron chi connectivity index (χ4n) is 1.06. The molecule has 84 valence electrons. The van der Waals surface area contributed by atoms with Gasteiger partial charge in [0.15, 0.2) is 0 Å². The molecule has 1 aromatic rings. The second kappa shape index (κ2) is 5.22. The number of hydrogen-bond acceptors (Lipinski definition) is 3. The first-order valence-corrected chi connectivity index (χ1v) is 4.88. The molecule has 0 atom stereocenters. The second-order valence-electron chi connectivity index (χ2n) is 3.09. The maximum absolute atomic E-state index is 11.4. The summed E-state index contributed by atoms with van der Waals surface area (Å²) in [6, 6.07) is 6.43. The monoisotopic (exact) mass is 237 g/mol. The van der Waals surface area contributed by atoms with Crippen molar-refractivity contribution in [1.29, 1.82) is 0 Å². The van der Waals surface area contributed by atoms with Crippen LogP contribution in [0.15, 0.2) is 24.3 Å². The Morgan fingerprint density at radius 2 is 1.62 bits per heavy atom. The molecule has 1 aromatic carbocycles. The molecular weight excluding hydrogens is 226 g/mol. The number of primary amides is 1. The molecule has 0 saturated carbocycles. The van der Waals surface area contributed by atoms with Gasteiger partial charge in [0.25, 0.3) is 5.91 Å². The minimum atomic E-state index is -0.590. The molecule has 1 rings (SSSR count). The molecule has 6 heteroatoms. The van der Waals surface area contributed by atoms with Crippen molar-refractivity contribution in [2.24, 2.45) is 11.5 Å². The van der Waals surface area contributed by atoms with Gasteiger partial charge in [-0.15, -0.1) is 0 Å². The number of thiocarbonyl (C=S) groups is 1. The number of rotatable bonds is 4. The van der Waals surface area contributed by atoms with Gasteiger partial charge in [-0.25, -0.2) is 0 Å². The van der Waals surface area contributed by atoms with Crippen LogP contribution >= 0.6 is 12.2 Å². The number of nitrogens with one attached hydrogen (secondary N) is 1. The number of amides is 2. The van der Waals surface area contributed by atoms with Crippen molar-refractivity contribution in [1.82, 2.24) is 5.32 Å². The highest BCUT2D eigenvalue weighted by Crippen LogP contribution is 2.04. The highest BCUT2D eigenvalue weighted by molar-refractivity contribution is 7.80. The fourth-order valence-corrected chi connectivity index (χ4v) is 1.19. The summed E-state index contributed by atoms with van der Waals surface area (Å²) in [5, 5.41) is 2.37. The molecule has 5 nitrogen and oxygen atoms in total. The van der Waals surface area contributed by atoms with E-state index in [9.17, 15) is 9.59 Å². The van der Waals surface area contributed by atoms with Gasteiger partial charge >= 0.3 is 0 Å². The molecule has 5 N–H and O–H groups in total. The summed E-state index contributed by atoms with van der Waals surface area (Å²) in [6.45, 7) is -0.185. The van der Waals surface area contributed by atoms with Crippen LogP contribution in [0.25, 0.3) is 0 Å². The normalized spacial score (nSPS) is 9.50. The van der Waals surface area contributed by atoms with E-state index in [1.165, 1.54) is 0 Å². The van der Waals surface area contributed by atoms with Crippen molar-refractivity contribution >= 4 is 29.0 Å². The minimum Gasteiger partial charge on any atom is -0.389 e. The number of hydrogen-bond donors (Lipinski definition) is 3. The number of carbonyl (C=O) groups is 2. The highest BCUT2D eigenvalue weighted by Gasteiger charge is 2.06. The summed E-state index contributed by atoms with van der Waals surface area (Å²) < 4.78 is 0. The molecule has 0 saturated heterocycles. The molecule has 0 bridgehead atoms. The Bertz CT molecular complexity index is 428. The zero-order chi connectivity index (χ0) is 12.1. The third-order valence-electron chi connectivity index (χ3n) is 1.85. The standard InChI is InChI=1S/C10H11N3O2S/c11-8(14)5-13-10(15)7-3-1-6(2-4-7)9(12)16/h1-4H,5H2,(H2,11,14)(H2,12,16)(H,13,15). The lowest BCUT2D eigenvalue weighted by molar-refractivity contribution is -0.117. The first-order valence-electron chi connectivity index (χ1n) is 4.47. The third-order valence-corrected chi connectivity index (χ3v) is 2.09. The van der Waals surface area contributed by atoms with Crippen molar-refractivity contribution in [2.45, 2.75) is 0 Å². The van der Waals surface area contributed by atoms with Crippen molar-refractivity contribution < 1.29 is 9.59 Å². The predicted molar refractivity (Wildman–Crippen MR) is 63.9 cm³/mol. The van der Waals surface area contributed by atoms with Crippen LogP contribution in [0.2, 0.25) is 0 Å². The number of benzene rings is 1. The van der Waals surface area contributed by atoms with Crippen LogP contribution in [-0.4, -0.2) is 23.3 Å². The summed E-state index contributed by atoms with van der Waals surface area (Å²) in [5.41, 5.74) is 11.4. The molecule has 0 aromatic heterocycles. The molecule has 0 aliphatic rings. The molecule has 0 spiro atoms. The number of carbonyl (C=O) groups excluding carboxylic acids is 2. The van der Waals surface area contributed by atoms with Gasteiger partial charge in [0.1, 0.15) is 4.99 Å². The van der Waals surface area contributed by atoms with Crippen LogP contribution in [0, 0.1) is 0 Å². The van der Waals surface area contributed by atoms with E-state index in [0.29, 0.717) is 11.1 Å². The quantitative estimate of drug-likeness (QED) is 0.617. The Morgan fingerprint density at radius 3 is 2.06 bits per heavy atom. The van der Waals surface area contributed by atoms with Gasteiger partial charge in [0.2, 0.25) is 5.91 Å². The van der Waals surface area contributed by atoms with E-state index in [2.05, 4.69) is 5.32 Å². The highest BCUT2D eigenvalue weighted by atomic mass is 32.1. The van der Waals surface area contributed by atoms with E-state index < -0.39 is 5.91 Å². The summed E-state index contributed by atoms with van der Waals surface area (Å²) >= 11 is 4.77. The van der Waals surface area contributed by atoms with Gasteiger partial charge in [-0.05, 0) is 12.1 Å². The van der Waals surface area contributed by atoms with E-state index in [0.717, 1.165) is 0 Å². The minimum absolute atomic E-state index is 0.185. The molecule has 16 heavy (non-hydrogen) atoms. The summed E-state index contributed by atoms with van der Waals surface area (Å²) in [5.74, 6) is -0.957. The van der Waals surface area contributed by atoms with Crippen LogP contribution in [0.3, 0.4) is 0 Å². The molecule has 2 amide bonds. The van der Waals surface area contributed by atoms with E-state index in [1.807, 2.05) is 0 Å². The molecular formula is C10H11N3O2S. The van der Waals surface area contributed by atoms with E-state index in [4.69, 9.17) is 23.7 Å². The Hall–Kier alpha value is -1.95. The SMILES string of the molecule is NC(=O)CNC(=O)c1ccc(C(N)=S)cc1. The maximum Gasteiger partial charge on any atom is 0.251 e. The maximum atomic E-state index is 11.4. The zero-order valence-corrected chi connectivity index (χ0v) is 9.21. The first-order chi connectivity index (χ1) is 7.50. The van der Waals surface area contributed by atoms with E-state index in [-0.39, 0.29) is 17.4 Å². The van der Waals surface area contributed by atoms with Crippen LogP contribution in [0.4, 0.5) is 0 Å². The van der Waals surface area contributed by atoms with Gasteiger partial charge in [-0.1, -0.05) is 24.4 Å². The van der Waals surface area contributed by atoms with Gasteiger partial charge in [-0.2, -0.15) is 0 Å². The lowest BCUT2D eigenvalue weighted by Gasteiger charge is -2.03. The number of nitrogens with two attached hydrogens (primary N) is 2. The Kier molecular flexibility index (Phi) is 3.96. The van der Waals surface area contributed by atoms with Crippen LogP contribution < -0.4 is 16.8 Å². The van der Waals surface area contributed by atoms with Gasteiger partial charge in [-0.3, -0.25) is 9.59 Å². The Labute approximate surface area is 97.8 Å². The summed E-state index contributed by atoms with van der Waals surface area (Å²) in [7, 11) is 0. The van der Waals surface area contributed by atoms with Gasteiger partial charge in [0, 0.05) is 11.1 Å². The second-order valence-corrected chi connectivity index (χ2v) is 3.53. The average molecular weight is 237 g/mol. The fraction of sp³-hybridized carbons (Fsp3) is 0.100. The van der Waals surface area contributed by atoms with E-state index in [1.54, 1.807) is 24.3 Å². The first kappa shape index (κ1) is 12.1. The van der Waals surface area contributed by atoms with Crippen molar-refractivity contribution in [3.05, 3.63) is 35.4 Å². The smallest absolute Gasteiger partial charge is 0.251 e. The largest absolute Gasteiger partial charge is 0.389 e. The Morgan fingerprint density at radius 1 is 1.12 bits per heavy atom. The molecule has 0 fully saturated rings. The van der Waals surface area contributed by atoms with Gasteiger partial charge < -0.3 is 16.8 Å². The molecule has 0 heterocycles. The average Bonchev–Trinajstić information content (AvgIpc) is 2.26. The van der Waals surface area contributed by atoms with Crippen molar-refractivity contribution in [3.63, 3.8) is 0 Å². The zero-order valence-electron chi connectivity index (χ0n) is 8.40. The molecule has 0 unspecified atom stereocenters. The summed E-state index contributed by atoms with van der Waals surface area (Å²) in [6.07, 6.45) is 0. The van der Waals surface area contributed by atoms with Crippen molar-refractivity contribution in [2.75, 3.05) is 6.54 Å². The van der Waals surface area contributed by atoms with Crippen LogP contribution in [0.5, 0.6) is 0 Å². The summed E-state index contributed by atoms with van der Waals surface area (Å²) in [4.78, 5) is 22.2. The van der Waals surface area contributed by atoms with Crippen LogP contribution in [-0.2, 0) is 4.79 Å². The van der Waals surface area contributed by atoms with Gasteiger partial charge in [0.05, 0.1) is 6.54 Å². The lowest BCUT2D eigenvalue weighted by atomic mass is 10.1. The Balaban J connectivity index is 2.70. The predicted octanol–water partition coefficient (Wildman–Crippen LogP) is -0.464. The van der Waals surface area contributed by atoms with Crippen LogP contribution in [0.1, 0.15) is 15.9 Å². The molecule has 0 aliphatic carbocycles. The van der Waals surface area contributed by atoms with E-state index >= 15 is 0 Å². The third kappa shape index (κ3) is 3.32. The van der Waals surface area contributed by atoms with Crippen molar-refractivity contribution in [3.8, 4) is 0 Å².